The zero-order valence-electron chi connectivity index (χ0n) is 12.0. The lowest BCUT2D eigenvalue weighted by Crippen LogP contribution is -2.41. The van der Waals surface area contributed by atoms with Crippen LogP contribution in [0.3, 0.4) is 0 Å². The highest BCUT2D eigenvalue weighted by Gasteiger charge is 2.30. The molecule has 1 aromatic heterocycles. The Morgan fingerprint density at radius 1 is 1.47 bits per heavy atom. The molecule has 108 valence electrons. The fourth-order valence-corrected chi connectivity index (χ4v) is 2.34. The lowest BCUT2D eigenvalue weighted by Gasteiger charge is -2.23. The summed E-state index contributed by atoms with van der Waals surface area (Å²) in [5.74, 6) is 1.01. The van der Waals surface area contributed by atoms with E-state index in [2.05, 4.69) is 34.2 Å². The Morgan fingerprint density at radius 2 is 2.26 bits per heavy atom. The highest BCUT2D eigenvalue weighted by Crippen LogP contribution is 2.28. The van der Waals surface area contributed by atoms with E-state index in [1.54, 1.807) is 6.20 Å². The van der Waals surface area contributed by atoms with Gasteiger partial charge in [-0.2, -0.15) is 5.10 Å². The van der Waals surface area contributed by atoms with Crippen LogP contribution in [0.15, 0.2) is 23.5 Å². The van der Waals surface area contributed by atoms with Crippen LogP contribution >= 0.6 is 24.0 Å². The summed E-state index contributed by atoms with van der Waals surface area (Å²) in [5, 5.41) is 7.59. The van der Waals surface area contributed by atoms with Crippen molar-refractivity contribution in [1.29, 1.82) is 0 Å². The maximum absolute atomic E-state index is 4.36. The minimum atomic E-state index is 0. The van der Waals surface area contributed by atoms with Gasteiger partial charge in [-0.25, -0.2) is 0 Å². The van der Waals surface area contributed by atoms with Gasteiger partial charge in [0, 0.05) is 39.1 Å². The van der Waals surface area contributed by atoms with Gasteiger partial charge in [0.25, 0.3) is 0 Å². The van der Waals surface area contributed by atoms with E-state index in [0.717, 1.165) is 32.1 Å². The van der Waals surface area contributed by atoms with Gasteiger partial charge in [0.2, 0.25) is 0 Å². The molecule has 5 nitrogen and oxygen atoms in total. The number of nitrogens with zero attached hydrogens (tertiary/aromatic N) is 4. The van der Waals surface area contributed by atoms with Gasteiger partial charge in [-0.15, -0.1) is 24.0 Å². The molecule has 0 bridgehead atoms. The van der Waals surface area contributed by atoms with Gasteiger partial charge < -0.3 is 10.2 Å². The molecule has 2 rings (SSSR count). The summed E-state index contributed by atoms with van der Waals surface area (Å²) in [6.45, 7) is 8.51. The molecule has 1 aliphatic rings. The fraction of sp³-hybridized carbons (Fsp3) is 0.692. The van der Waals surface area contributed by atoms with Crippen LogP contribution in [-0.4, -0.2) is 47.3 Å². The third-order valence-corrected chi connectivity index (χ3v) is 3.37. The summed E-state index contributed by atoms with van der Waals surface area (Å²) < 4.78 is 1.92. The Bertz CT molecular complexity index is 399. The van der Waals surface area contributed by atoms with Crippen molar-refractivity contribution >= 4 is 29.9 Å². The summed E-state index contributed by atoms with van der Waals surface area (Å²) in [5.41, 5.74) is 0.402. The van der Waals surface area contributed by atoms with Gasteiger partial charge in [-0.05, 0) is 17.9 Å². The van der Waals surface area contributed by atoms with E-state index in [-0.39, 0.29) is 24.0 Å². The minimum Gasteiger partial charge on any atom is -0.354 e. The van der Waals surface area contributed by atoms with Crippen LogP contribution < -0.4 is 5.32 Å². The maximum Gasteiger partial charge on any atom is 0.193 e. The van der Waals surface area contributed by atoms with Crippen molar-refractivity contribution in [3.05, 3.63) is 18.5 Å². The van der Waals surface area contributed by atoms with E-state index in [1.807, 2.05) is 24.0 Å². The molecule has 0 aliphatic carbocycles. The molecule has 1 aromatic rings. The Labute approximate surface area is 132 Å². The van der Waals surface area contributed by atoms with Crippen molar-refractivity contribution in [2.45, 2.75) is 26.8 Å². The second kappa shape index (κ2) is 7.12. The van der Waals surface area contributed by atoms with Crippen molar-refractivity contribution in [1.82, 2.24) is 20.0 Å². The molecule has 1 aliphatic heterocycles. The first-order valence-electron chi connectivity index (χ1n) is 6.54. The number of likely N-dealkylation sites (tertiary alicyclic amines) is 1. The molecule has 6 heteroatoms. The normalized spacial score (nSPS) is 18.3. The lowest BCUT2D eigenvalue weighted by atomic mass is 9.93. The standard InChI is InChI=1S/C13H23N5.HI/c1-13(2)5-9-17(11-13)12(14-3)15-7-10-18-8-4-6-16-18;/h4,6,8H,5,7,9-11H2,1-3H3,(H,14,15);1H. The summed E-state index contributed by atoms with van der Waals surface area (Å²) in [4.78, 5) is 6.69. The first kappa shape index (κ1) is 16.3. The van der Waals surface area contributed by atoms with Gasteiger partial charge in [0.05, 0.1) is 6.54 Å². The van der Waals surface area contributed by atoms with E-state index >= 15 is 0 Å². The monoisotopic (exact) mass is 377 g/mol. The van der Waals surface area contributed by atoms with Gasteiger partial charge in [0.1, 0.15) is 0 Å². The molecule has 2 heterocycles. The quantitative estimate of drug-likeness (QED) is 0.497. The number of hydrogen-bond acceptors (Lipinski definition) is 2. The summed E-state index contributed by atoms with van der Waals surface area (Å²) in [6, 6.07) is 1.94. The molecule has 19 heavy (non-hydrogen) atoms. The second-order valence-electron chi connectivity index (χ2n) is 5.58. The maximum atomic E-state index is 4.36. The van der Waals surface area contributed by atoms with E-state index in [0.29, 0.717) is 5.41 Å². The van der Waals surface area contributed by atoms with E-state index in [9.17, 15) is 0 Å². The summed E-state index contributed by atoms with van der Waals surface area (Å²) in [7, 11) is 1.85. The topological polar surface area (TPSA) is 45.5 Å². The van der Waals surface area contributed by atoms with E-state index in [4.69, 9.17) is 0 Å². The predicted molar refractivity (Wildman–Crippen MR) is 89.0 cm³/mol. The number of aliphatic imine (C=N–C) groups is 1. The van der Waals surface area contributed by atoms with Gasteiger partial charge >= 0.3 is 0 Å². The molecular weight excluding hydrogens is 353 g/mol. The summed E-state index contributed by atoms with van der Waals surface area (Å²) >= 11 is 0. The van der Waals surface area contributed by atoms with Crippen molar-refractivity contribution in [2.75, 3.05) is 26.7 Å². The average Bonchev–Trinajstić information content (AvgIpc) is 2.94. The first-order chi connectivity index (χ1) is 8.61. The smallest absolute Gasteiger partial charge is 0.193 e. The molecule has 1 saturated heterocycles. The highest BCUT2D eigenvalue weighted by molar-refractivity contribution is 14.0. The lowest BCUT2D eigenvalue weighted by molar-refractivity contribution is 0.369. The van der Waals surface area contributed by atoms with Gasteiger partial charge in [0.15, 0.2) is 5.96 Å². The third kappa shape index (κ3) is 4.67. The number of rotatable bonds is 3. The average molecular weight is 377 g/mol. The first-order valence-corrected chi connectivity index (χ1v) is 6.54. The van der Waals surface area contributed by atoms with Crippen molar-refractivity contribution in [2.24, 2.45) is 10.4 Å². The van der Waals surface area contributed by atoms with Crippen LogP contribution in [0.2, 0.25) is 0 Å². The highest BCUT2D eigenvalue weighted by atomic mass is 127. The number of hydrogen-bond donors (Lipinski definition) is 1. The molecule has 0 unspecified atom stereocenters. The largest absolute Gasteiger partial charge is 0.354 e. The Kier molecular flexibility index (Phi) is 6.09. The zero-order valence-corrected chi connectivity index (χ0v) is 14.3. The van der Waals surface area contributed by atoms with Crippen molar-refractivity contribution in [3.63, 3.8) is 0 Å². The number of halogens is 1. The van der Waals surface area contributed by atoms with E-state index < -0.39 is 0 Å². The number of aromatic nitrogens is 2. The van der Waals surface area contributed by atoms with Gasteiger partial charge in [-0.1, -0.05) is 13.8 Å². The van der Waals surface area contributed by atoms with Crippen LogP contribution in [0.1, 0.15) is 20.3 Å². The number of nitrogens with one attached hydrogen (secondary N) is 1. The Morgan fingerprint density at radius 3 is 2.79 bits per heavy atom. The SMILES string of the molecule is CN=C(NCCn1cccn1)N1CCC(C)(C)C1.I. The van der Waals surface area contributed by atoms with E-state index in [1.165, 1.54) is 6.42 Å². The van der Waals surface area contributed by atoms with Crippen LogP contribution in [0.5, 0.6) is 0 Å². The molecule has 0 radical (unpaired) electrons. The van der Waals surface area contributed by atoms with Crippen molar-refractivity contribution in [3.8, 4) is 0 Å². The van der Waals surface area contributed by atoms with Crippen molar-refractivity contribution < 1.29 is 0 Å². The molecule has 0 saturated carbocycles. The fourth-order valence-electron chi connectivity index (χ4n) is 2.34. The van der Waals surface area contributed by atoms with Crippen LogP contribution in [0.4, 0.5) is 0 Å². The summed E-state index contributed by atoms with van der Waals surface area (Å²) in [6.07, 6.45) is 5.01. The zero-order chi connectivity index (χ0) is 13.0. The number of guanidine groups is 1. The predicted octanol–water partition coefficient (Wildman–Crippen LogP) is 1.81. The molecule has 0 amide bonds. The molecule has 1 fully saturated rings. The molecule has 1 N–H and O–H groups in total. The van der Waals surface area contributed by atoms with Crippen LogP contribution in [-0.2, 0) is 6.54 Å². The second-order valence-corrected chi connectivity index (χ2v) is 5.58. The third-order valence-electron chi connectivity index (χ3n) is 3.37. The molecule has 0 spiro atoms. The Hall–Kier alpha value is -0.790. The minimum absolute atomic E-state index is 0. The molecule has 0 atom stereocenters. The van der Waals surface area contributed by atoms with Crippen LogP contribution in [0, 0.1) is 5.41 Å². The van der Waals surface area contributed by atoms with Crippen LogP contribution in [0.25, 0.3) is 0 Å². The molecular formula is C13H24IN5. The molecule has 0 aromatic carbocycles. The van der Waals surface area contributed by atoms with Gasteiger partial charge in [-0.3, -0.25) is 9.67 Å². The Balaban J connectivity index is 0.00000180.